The number of nitrogens with one attached hydrogen (secondary N) is 1. The van der Waals surface area contributed by atoms with Crippen molar-refractivity contribution in [3.8, 4) is 0 Å². The summed E-state index contributed by atoms with van der Waals surface area (Å²) in [7, 11) is 0. The van der Waals surface area contributed by atoms with E-state index in [2.05, 4.69) is 10.3 Å². The fourth-order valence-electron chi connectivity index (χ4n) is 3.27. The summed E-state index contributed by atoms with van der Waals surface area (Å²) in [6.07, 6.45) is 1.79. The third kappa shape index (κ3) is 8.67. The Balaban J connectivity index is 0.00000341. The van der Waals surface area contributed by atoms with Crippen LogP contribution in [0.5, 0.6) is 0 Å². The number of carbonyl (C=O) groups excluding carboxylic acids is 1. The number of nitrogens with zero attached hydrogens (tertiary/aromatic N) is 1. The summed E-state index contributed by atoms with van der Waals surface area (Å²) in [6, 6.07) is 18.9. The maximum atomic E-state index is 12.3. The summed E-state index contributed by atoms with van der Waals surface area (Å²) >= 11 is 1.42. The molecule has 0 aliphatic rings. The van der Waals surface area contributed by atoms with Gasteiger partial charge in [-0.1, -0.05) is 60.7 Å². The summed E-state index contributed by atoms with van der Waals surface area (Å²) in [5.41, 5.74) is 10.1. The Morgan fingerprint density at radius 2 is 1.68 bits per heavy atom. The van der Waals surface area contributed by atoms with Crippen molar-refractivity contribution in [2.45, 2.75) is 44.1 Å². The van der Waals surface area contributed by atoms with Crippen molar-refractivity contribution < 1.29 is 14.6 Å². The van der Waals surface area contributed by atoms with E-state index in [1.54, 1.807) is 11.7 Å². The number of amides is 1. The molecule has 0 aliphatic heterocycles. The molecule has 8 heteroatoms. The molecule has 31 heavy (non-hydrogen) atoms. The van der Waals surface area contributed by atoms with Gasteiger partial charge in [0.15, 0.2) is 0 Å². The normalized spacial score (nSPS) is 13.5. The predicted molar refractivity (Wildman–Crippen MR) is 125 cm³/mol. The van der Waals surface area contributed by atoms with Crippen LogP contribution in [-0.4, -0.2) is 34.4 Å². The number of aliphatic hydroxyl groups excluding tert-OH is 1. The lowest BCUT2D eigenvalue weighted by Crippen LogP contribution is -2.47. The van der Waals surface area contributed by atoms with Crippen molar-refractivity contribution in [3.63, 3.8) is 0 Å². The average Bonchev–Trinajstić information content (AvgIpc) is 3.27. The van der Waals surface area contributed by atoms with Crippen LogP contribution in [0.25, 0.3) is 0 Å². The standard InChI is InChI=1S/C23H27N3O3S.ClH/c24-19(11-17-7-3-1-4-8-17)13-22(27)21(12-18-9-5-2-6-10-18)26-23(28)29-15-20-14-25-16-30-20;/h1-10,14,16,19,21-22,27H,11-13,15,24H2,(H,26,28);1H/t19-,21-,22-;/m0./s1. The van der Waals surface area contributed by atoms with Crippen LogP contribution in [0.3, 0.4) is 0 Å². The van der Waals surface area contributed by atoms with Gasteiger partial charge in [0.1, 0.15) is 6.61 Å². The number of ether oxygens (including phenoxy) is 1. The van der Waals surface area contributed by atoms with E-state index in [1.165, 1.54) is 11.3 Å². The predicted octanol–water partition coefficient (Wildman–Crippen LogP) is 3.72. The number of aliphatic hydroxyl groups is 1. The second kappa shape index (κ2) is 13.1. The molecule has 0 bridgehead atoms. The Morgan fingerprint density at radius 3 is 2.26 bits per heavy atom. The highest BCUT2D eigenvalue weighted by molar-refractivity contribution is 7.09. The van der Waals surface area contributed by atoms with Gasteiger partial charge in [0, 0.05) is 12.2 Å². The van der Waals surface area contributed by atoms with Crippen LogP contribution >= 0.6 is 23.7 Å². The number of hydrogen-bond acceptors (Lipinski definition) is 6. The number of nitrogens with two attached hydrogens (primary N) is 1. The lowest BCUT2D eigenvalue weighted by Gasteiger charge is -2.26. The monoisotopic (exact) mass is 461 g/mol. The quantitative estimate of drug-likeness (QED) is 0.427. The highest BCUT2D eigenvalue weighted by Gasteiger charge is 2.24. The van der Waals surface area contributed by atoms with Crippen molar-refractivity contribution >= 4 is 29.8 Å². The molecule has 1 heterocycles. The molecule has 0 fully saturated rings. The van der Waals surface area contributed by atoms with E-state index >= 15 is 0 Å². The number of thiazole rings is 1. The summed E-state index contributed by atoms with van der Waals surface area (Å²) in [4.78, 5) is 17.2. The van der Waals surface area contributed by atoms with Gasteiger partial charge in [-0.15, -0.1) is 23.7 Å². The molecular weight excluding hydrogens is 434 g/mol. The molecule has 1 amide bonds. The third-order valence-corrected chi connectivity index (χ3v) is 5.53. The highest BCUT2D eigenvalue weighted by Crippen LogP contribution is 2.13. The van der Waals surface area contributed by atoms with Crippen LogP contribution < -0.4 is 11.1 Å². The first-order valence-corrected chi connectivity index (χ1v) is 10.8. The molecular formula is C23H28ClN3O3S. The van der Waals surface area contributed by atoms with E-state index in [0.29, 0.717) is 19.3 Å². The van der Waals surface area contributed by atoms with E-state index in [4.69, 9.17) is 10.5 Å². The Bertz CT molecular complexity index is 882. The number of rotatable bonds is 10. The Labute approximate surface area is 192 Å². The molecule has 2 aromatic carbocycles. The first kappa shape index (κ1) is 24.8. The summed E-state index contributed by atoms with van der Waals surface area (Å²) in [6.45, 7) is 0.151. The molecule has 3 aromatic rings. The zero-order valence-corrected chi connectivity index (χ0v) is 18.7. The van der Waals surface area contributed by atoms with Gasteiger partial charge < -0.3 is 20.9 Å². The Hall–Kier alpha value is -2.45. The molecule has 1 aromatic heterocycles. The lowest BCUT2D eigenvalue weighted by atomic mass is 9.94. The first-order valence-electron chi connectivity index (χ1n) is 9.92. The molecule has 0 radical (unpaired) electrons. The smallest absolute Gasteiger partial charge is 0.407 e. The Kier molecular flexibility index (Phi) is 10.5. The van der Waals surface area contributed by atoms with Crippen molar-refractivity contribution in [2.24, 2.45) is 5.73 Å². The highest BCUT2D eigenvalue weighted by atomic mass is 35.5. The molecule has 4 N–H and O–H groups in total. The van der Waals surface area contributed by atoms with E-state index in [-0.39, 0.29) is 25.1 Å². The molecule has 0 aliphatic carbocycles. The minimum absolute atomic E-state index is 0. The van der Waals surface area contributed by atoms with Gasteiger partial charge in [0.25, 0.3) is 0 Å². The van der Waals surface area contributed by atoms with Gasteiger partial charge in [-0.25, -0.2) is 4.79 Å². The first-order chi connectivity index (χ1) is 14.6. The molecule has 0 saturated heterocycles. The fourth-order valence-corrected chi connectivity index (χ4v) is 3.77. The van der Waals surface area contributed by atoms with Crippen LogP contribution in [0.4, 0.5) is 4.79 Å². The molecule has 6 nitrogen and oxygen atoms in total. The van der Waals surface area contributed by atoms with Gasteiger partial charge in [-0.05, 0) is 30.4 Å². The number of halogens is 1. The van der Waals surface area contributed by atoms with Gasteiger partial charge in [-0.3, -0.25) is 4.98 Å². The second-order valence-electron chi connectivity index (χ2n) is 7.24. The van der Waals surface area contributed by atoms with Crippen molar-refractivity contribution in [1.29, 1.82) is 0 Å². The largest absolute Gasteiger partial charge is 0.444 e. The van der Waals surface area contributed by atoms with E-state index in [1.807, 2.05) is 60.7 Å². The minimum atomic E-state index is -0.806. The van der Waals surface area contributed by atoms with E-state index in [9.17, 15) is 9.90 Å². The third-order valence-electron chi connectivity index (χ3n) is 4.78. The average molecular weight is 462 g/mol. The van der Waals surface area contributed by atoms with Crippen LogP contribution in [0.2, 0.25) is 0 Å². The number of aromatic nitrogens is 1. The zero-order valence-electron chi connectivity index (χ0n) is 17.1. The van der Waals surface area contributed by atoms with Gasteiger partial charge in [0.05, 0.1) is 22.5 Å². The molecule has 0 saturated carbocycles. The maximum absolute atomic E-state index is 12.3. The van der Waals surface area contributed by atoms with Gasteiger partial charge >= 0.3 is 6.09 Å². The zero-order chi connectivity index (χ0) is 21.2. The van der Waals surface area contributed by atoms with Crippen LogP contribution in [0.1, 0.15) is 22.4 Å². The van der Waals surface area contributed by atoms with Crippen molar-refractivity contribution in [3.05, 3.63) is 88.4 Å². The Morgan fingerprint density at radius 1 is 1.06 bits per heavy atom. The molecule has 166 valence electrons. The van der Waals surface area contributed by atoms with E-state index in [0.717, 1.165) is 16.0 Å². The second-order valence-corrected chi connectivity index (χ2v) is 8.21. The summed E-state index contributed by atoms with van der Waals surface area (Å²) in [5.74, 6) is 0. The molecule has 3 rings (SSSR count). The molecule has 0 spiro atoms. The summed E-state index contributed by atoms with van der Waals surface area (Å²) in [5, 5.41) is 13.7. The number of benzene rings is 2. The van der Waals surface area contributed by atoms with E-state index < -0.39 is 18.2 Å². The van der Waals surface area contributed by atoms with Crippen molar-refractivity contribution in [2.75, 3.05) is 0 Å². The van der Waals surface area contributed by atoms with Crippen LogP contribution in [0.15, 0.2) is 72.4 Å². The topological polar surface area (TPSA) is 97.5 Å². The molecule has 0 unspecified atom stereocenters. The lowest BCUT2D eigenvalue weighted by molar-refractivity contribution is 0.0925. The number of alkyl carbamates (subject to hydrolysis) is 1. The number of carbonyl (C=O) groups is 1. The van der Waals surface area contributed by atoms with Crippen molar-refractivity contribution in [1.82, 2.24) is 10.3 Å². The number of hydrogen-bond donors (Lipinski definition) is 3. The van der Waals surface area contributed by atoms with Crippen LogP contribution in [-0.2, 0) is 24.2 Å². The minimum Gasteiger partial charge on any atom is -0.444 e. The van der Waals surface area contributed by atoms with Gasteiger partial charge in [-0.2, -0.15) is 0 Å². The van der Waals surface area contributed by atoms with Crippen LogP contribution in [0, 0.1) is 0 Å². The fraction of sp³-hybridized carbons (Fsp3) is 0.304. The van der Waals surface area contributed by atoms with Gasteiger partial charge in [0.2, 0.25) is 0 Å². The SMILES string of the molecule is Cl.N[C@@H](Cc1ccccc1)C[C@H](O)[C@H](Cc1ccccc1)NC(=O)OCc1cncs1. The maximum Gasteiger partial charge on any atom is 0.407 e. The molecule has 3 atom stereocenters. The summed E-state index contributed by atoms with van der Waals surface area (Å²) < 4.78 is 5.28.